The molecule has 0 bridgehead atoms. The van der Waals surface area contributed by atoms with Gasteiger partial charge in [-0.25, -0.2) is 0 Å². The average Bonchev–Trinajstić information content (AvgIpc) is 2.84. The van der Waals surface area contributed by atoms with Gasteiger partial charge in [0.2, 0.25) is 5.91 Å². The van der Waals surface area contributed by atoms with E-state index in [1.807, 2.05) is 17.2 Å². The normalized spacial score (nSPS) is 27.1. The molecule has 4 nitrogen and oxygen atoms in total. The van der Waals surface area contributed by atoms with Crippen LogP contribution in [0.4, 0.5) is 0 Å². The van der Waals surface area contributed by atoms with Crippen LogP contribution in [0, 0.1) is 5.92 Å². The molecule has 1 saturated carbocycles. The summed E-state index contributed by atoms with van der Waals surface area (Å²) in [4.78, 5) is 18.7. The lowest BCUT2D eigenvalue weighted by molar-refractivity contribution is -0.136. The molecule has 0 saturated heterocycles. The lowest BCUT2D eigenvalue weighted by Crippen LogP contribution is -2.39. The Hall–Kier alpha value is -1.42. The van der Waals surface area contributed by atoms with E-state index in [4.69, 9.17) is 5.73 Å². The molecule has 1 fully saturated rings. The van der Waals surface area contributed by atoms with Gasteiger partial charge in [-0.3, -0.25) is 9.78 Å². The highest BCUT2D eigenvalue weighted by atomic mass is 16.2. The van der Waals surface area contributed by atoms with Gasteiger partial charge >= 0.3 is 0 Å². The SMILES string of the molecule is NC1CCC(C(=O)N2CCc3ncccc3C2)C1. The van der Waals surface area contributed by atoms with Crippen LogP contribution >= 0.6 is 0 Å². The Kier molecular flexibility index (Phi) is 3.04. The van der Waals surface area contributed by atoms with Crippen LogP contribution in [0.15, 0.2) is 18.3 Å². The van der Waals surface area contributed by atoms with Gasteiger partial charge in [0.15, 0.2) is 0 Å². The number of aromatic nitrogens is 1. The molecule has 18 heavy (non-hydrogen) atoms. The molecule has 1 aliphatic heterocycles. The van der Waals surface area contributed by atoms with Crippen LogP contribution in [-0.4, -0.2) is 28.4 Å². The summed E-state index contributed by atoms with van der Waals surface area (Å²) in [6, 6.07) is 4.23. The van der Waals surface area contributed by atoms with E-state index in [1.165, 1.54) is 5.56 Å². The number of carbonyl (C=O) groups excluding carboxylic acids is 1. The zero-order chi connectivity index (χ0) is 12.5. The van der Waals surface area contributed by atoms with Gasteiger partial charge in [-0.2, -0.15) is 0 Å². The van der Waals surface area contributed by atoms with Gasteiger partial charge in [-0.1, -0.05) is 6.07 Å². The summed E-state index contributed by atoms with van der Waals surface area (Å²) >= 11 is 0. The van der Waals surface area contributed by atoms with Crippen molar-refractivity contribution >= 4 is 5.91 Å². The first-order chi connectivity index (χ1) is 8.74. The fraction of sp³-hybridized carbons (Fsp3) is 0.571. The van der Waals surface area contributed by atoms with Gasteiger partial charge in [-0.05, 0) is 30.9 Å². The minimum Gasteiger partial charge on any atom is -0.338 e. The predicted molar refractivity (Wildman–Crippen MR) is 68.7 cm³/mol. The van der Waals surface area contributed by atoms with Gasteiger partial charge in [0.25, 0.3) is 0 Å². The third-order valence-corrected chi connectivity index (χ3v) is 4.10. The highest BCUT2D eigenvalue weighted by Gasteiger charge is 2.32. The van der Waals surface area contributed by atoms with Crippen molar-refractivity contribution in [2.75, 3.05) is 6.54 Å². The molecule has 1 aliphatic carbocycles. The molecule has 96 valence electrons. The number of hydrogen-bond donors (Lipinski definition) is 1. The monoisotopic (exact) mass is 245 g/mol. The quantitative estimate of drug-likeness (QED) is 0.806. The van der Waals surface area contributed by atoms with Gasteiger partial charge in [0, 0.05) is 43.4 Å². The standard InChI is InChI=1S/C14H19N3O/c15-12-4-3-10(8-12)14(18)17-7-5-13-11(9-17)2-1-6-16-13/h1-2,6,10,12H,3-5,7-9,15H2. The summed E-state index contributed by atoms with van der Waals surface area (Å²) in [5.74, 6) is 0.440. The summed E-state index contributed by atoms with van der Waals surface area (Å²) in [5, 5.41) is 0. The Bertz CT molecular complexity index is 460. The maximum absolute atomic E-state index is 12.4. The fourth-order valence-corrected chi connectivity index (χ4v) is 3.05. The van der Waals surface area contributed by atoms with Gasteiger partial charge in [-0.15, -0.1) is 0 Å². The number of fused-ring (bicyclic) bond motifs is 1. The van der Waals surface area contributed by atoms with Crippen LogP contribution in [0.5, 0.6) is 0 Å². The minimum absolute atomic E-state index is 0.151. The van der Waals surface area contributed by atoms with E-state index in [9.17, 15) is 4.79 Å². The molecule has 1 amide bonds. The third kappa shape index (κ3) is 2.12. The Morgan fingerprint density at radius 2 is 2.33 bits per heavy atom. The van der Waals surface area contributed by atoms with Crippen LogP contribution in [0.1, 0.15) is 30.5 Å². The van der Waals surface area contributed by atoms with Gasteiger partial charge < -0.3 is 10.6 Å². The van der Waals surface area contributed by atoms with Crippen molar-refractivity contribution in [2.24, 2.45) is 11.7 Å². The van der Waals surface area contributed by atoms with Crippen LogP contribution < -0.4 is 5.73 Å². The smallest absolute Gasteiger partial charge is 0.226 e. The Labute approximate surface area is 107 Å². The molecule has 3 rings (SSSR count). The Morgan fingerprint density at radius 3 is 3.11 bits per heavy atom. The summed E-state index contributed by atoms with van der Waals surface area (Å²) < 4.78 is 0. The molecule has 0 aromatic carbocycles. The second-order valence-corrected chi connectivity index (χ2v) is 5.39. The molecule has 1 aromatic rings. The van der Waals surface area contributed by atoms with E-state index < -0.39 is 0 Å². The van der Waals surface area contributed by atoms with Crippen LogP contribution in [0.25, 0.3) is 0 Å². The van der Waals surface area contributed by atoms with Crippen molar-refractivity contribution in [3.63, 3.8) is 0 Å². The second kappa shape index (κ2) is 4.69. The highest BCUT2D eigenvalue weighted by molar-refractivity contribution is 5.79. The lowest BCUT2D eigenvalue weighted by atomic mass is 10.0. The first-order valence-electron chi connectivity index (χ1n) is 6.71. The Balaban J connectivity index is 1.70. The predicted octanol–water partition coefficient (Wildman–Crippen LogP) is 1.09. The molecule has 0 spiro atoms. The van der Waals surface area contributed by atoms with E-state index in [1.54, 1.807) is 0 Å². The Morgan fingerprint density at radius 1 is 1.44 bits per heavy atom. The van der Waals surface area contributed by atoms with Crippen molar-refractivity contribution in [1.29, 1.82) is 0 Å². The number of carbonyl (C=O) groups is 1. The number of nitrogens with zero attached hydrogens (tertiary/aromatic N) is 2. The van der Waals surface area contributed by atoms with E-state index in [0.717, 1.165) is 37.9 Å². The molecular formula is C14H19N3O. The molecule has 2 atom stereocenters. The number of hydrogen-bond acceptors (Lipinski definition) is 3. The average molecular weight is 245 g/mol. The lowest BCUT2D eigenvalue weighted by Gasteiger charge is -2.30. The molecular weight excluding hydrogens is 226 g/mol. The van der Waals surface area contributed by atoms with Crippen molar-refractivity contribution in [2.45, 2.75) is 38.3 Å². The summed E-state index contributed by atoms with van der Waals surface area (Å²) in [6.07, 6.45) is 5.50. The van der Waals surface area contributed by atoms with Crippen LogP contribution in [0.3, 0.4) is 0 Å². The van der Waals surface area contributed by atoms with E-state index in [-0.39, 0.29) is 17.9 Å². The topological polar surface area (TPSA) is 59.2 Å². The zero-order valence-electron chi connectivity index (χ0n) is 10.5. The first kappa shape index (κ1) is 11.7. The third-order valence-electron chi connectivity index (χ3n) is 4.10. The van der Waals surface area contributed by atoms with Crippen molar-refractivity contribution in [1.82, 2.24) is 9.88 Å². The second-order valence-electron chi connectivity index (χ2n) is 5.39. The van der Waals surface area contributed by atoms with Crippen molar-refractivity contribution in [3.05, 3.63) is 29.6 Å². The summed E-state index contributed by atoms with van der Waals surface area (Å²) in [6.45, 7) is 1.52. The molecule has 2 heterocycles. The summed E-state index contributed by atoms with van der Waals surface area (Å²) in [5.41, 5.74) is 8.23. The molecule has 0 radical (unpaired) electrons. The van der Waals surface area contributed by atoms with Crippen LogP contribution in [0.2, 0.25) is 0 Å². The maximum atomic E-state index is 12.4. The van der Waals surface area contributed by atoms with E-state index >= 15 is 0 Å². The van der Waals surface area contributed by atoms with Crippen molar-refractivity contribution < 1.29 is 4.79 Å². The number of amides is 1. The number of rotatable bonds is 1. The van der Waals surface area contributed by atoms with Crippen LogP contribution in [-0.2, 0) is 17.8 Å². The zero-order valence-corrected chi connectivity index (χ0v) is 10.5. The largest absolute Gasteiger partial charge is 0.338 e. The highest BCUT2D eigenvalue weighted by Crippen LogP contribution is 2.28. The van der Waals surface area contributed by atoms with E-state index in [2.05, 4.69) is 11.1 Å². The molecule has 2 unspecified atom stereocenters. The minimum atomic E-state index is 0.151. The van der Waals surface area contributed by atoms with Crippen molar-refractivity contribution in [3.8, 4) is 0 Å². The summed E-state index contributed by atoms with van der Waals surface area (Å²) in [7, 11) is 0. The maximum Gasteiger partial charge on any atom is 0.226 e. The molecule has 4 heteroatoms. The molecule has 2 N–H and O–H groups in total. The first-order valence-corrected chi connectivity index (χ1v) is 6.71. The van der Waals surface area contributed by atoms with E-state index in [0.29, 0.717) is 6.54 Å². The number of nitrogens with two attached hydrogens (primary N) is 1. The van der Waals surface area contributed by atoms with Gasteiger partial charge in [0.05, 0.1) is 0 Å². The number of pyridine rings is 1. The molecule has 1 aromatic heterocycles. The van der Waals surface area contributed by atoms with Gasteiger partial charge in [0.1, 0.15) is 0 Å². The fourth-order valence-electron chi connectivity index (χ4n) is 3.05. The molecule has 2 aliphatic rings.